The minimum absolute atomic E-state index is 0.150. The van der Waals surface area contributed by atoms with Crippen LogP contribution in [0.2, 0.25) is 0 Å². The molecule has 0 fully saturated rings. The number of carboxylic acids is 1. The maximum atomic E-state index is 11.2. The summed E-state index contributed by atoms with van der Waals surface area (Å²) in [5, 5.41) is 11.0. The number of fused-ring (bicyclic) bond motifs is 1. The molecule has 0 saturated heterocycles. The van der Waals surface area contributed by atoms with E-state index < -0.39 is 5.97 Å². The van der Waals surface area contributed by atoms with Crippen molar-refractivity contribution in [1.82, 2.24) is 0 Å². The molecule has 0 aromatic heterocycles. The predicted octanol–water partition coefficient (Wildman–Crippen LogP) is 3.67. The number of ether oxygens (including phenoxy) is 1. The van der Waals surface area contributed by atoms with Crippen molar-refractivity contribution in [3.05, 3.63) is 53.6 Å². The Morgan fingerprint density at radius 1 is 1.28 bits per heavy atom. The van der Waals surface area contributed by atoms with Crippen LogP contribution in [0, 0.1) is 0 Å². The second-order valence-corrected chi connectivity index (χ2v) is 3.93. The number of hydrogen-bond donors (Lipinski definition) is 1. The molecule has 3 nitrogen and oxygen atoms in total. The number of aromatic carboxylic acids is 1. The molecule has 2 rings (SSSR count). The zero-order valence-corrected chi connectivity index (χ0v) is 10.2. The highest BCUT2D eigenvalue weighted by molar-refractivity contribution is 6.25. The molecule has 0 unspecified atom stereocenters. The summed E-state index contributed by atoms with van der Waals surface area (Å²) in [4.78, 5) is 11.2. The van der Waals surface area contributed by atoms with Crippen molar-refractivity contribution in [3.63, 3.8) is 0 Å². The molecule has 4 heteroatoms. The Morgan fingerprint density at radius 2 is 1.94 bits per heavy atom. The maximum absolute atomic E-state index is 11.2. The lowest BCUT2D eigenvalue weighted by Gasteiger charge is -2.09. The third-order valence-corrected chi connectivity index (χ3v) is 2.68. The van der Waals surface area contributed by atoms with Gasteiger partial charge in [0.15, 0.2) is 0 Å². The van der Waals surface area contributed by atoms with Crippen molar-refractivity contribution >= 4 is 28.3 Å². The molecule has 1 N–H and O–H groups in total. The maximum Gasteiger partial charge on any atom is 0.339 e. The molecule has 0 radical (unpaired) electrons. The smallest absolute Gasteiger partial charge is 0.339 e. The summed E-state index contributed by atoms with van der Waals surface area (Å²) in [7, 11) is 0. The minimum Gasteiger partial charge on any atom is -0.489 e. The van der Waals surface area contributed by atoms with Gasteiger partial charge in [0, 0.05) is 5.54 Å². The first kappa shape index (κ1) is 12.5. The van der Waals surface area contributed by atoms with Crippen LogP contribution in [0.4, 0.5) is 0 Å². The molecule has 0 atom stereocenters. The van der Waals surface area contributed by atoms with Crippen molar-refractivity contribution in [2.75, 3.05) is 6.61 Å². The molecule has 0 saturated carbocycles. The third kappa shape index (κ3) is 2.63. The van der Waals surface area contributed by atoms with Crippen LogP contribution in [0.15, 0.2) is 48.0 Å². The number of carboxylic acid groups (broad SMARTS) is 1. The summed E-state index contributed by atoms with van der Waals surface area (Å²) >= 11 is 5.39. The topological polar surface area (TPSA) is 46.5 Å². The van der Waals surface area contributed by atoms with E-state index in [-0.39, 0.29) is 12.2 Å². The van der Waals surface area contributed by atoms with E-state index in [1.165, 1.54) is 5.54 Å². The Labute approximate surface area is 109 Å². The Bertz CT molecular complexity index is 605. The van der Waals surface area contributed by atoms with E-state index in [1.807, 2.05) is 24.3 Å². The highest BCUT2D eigenvalue weighted by atomic mass is 35.5. The molecular formula is C14H11ClO3. The van der Waals surface area contributed by atoms with Gasteiger partial charge in [-0.3, -0.25) is 0 Å². The molecule has 0 bridgehead atoms. The van der Waals surface area contributed by atoms with Gasteiger partial charge in [0.25, 0.3) is 0 Å². The molecule has 0 amide bonds. The molecule has 2 aromatic carbocycles. The lowest BCUT2D eigenvalue weighted by Crippen LogP contribution is -2.03. The quantitative estimate of drug-likeness (QED) is 0.914. The predicted molar refractivity (Wildman–Crippen MR) is 71.4 cm³/mol. The van der Waals surface area contributed by atoms with E-state index in [9.17, 15) is 4.79 Å². The zero-order valence-electron chi connectivity index (χ0n) is 9.47. The summed E-state index contributed by atoms with van der Waals surface area (Å²) in [5.41, 5.74) is 1.48. The highest BCUT2D eigenvalue weighted by Crippen LogP contribution is 2.26. The lowest BCUT2D eigenvalue weighted by molar-refractivity contribution is 0.0693. The molecule has 18 heavy (non-hydrogen) atoms. The zero-order chi connectivity index (χ0) is 13.0. The first-order valence-corrected chi connectivity index (χ1v) is 5.80. The van der Waals surface area contributed by atoms with Crippen molar-refractivity contribution < 1.29 is 14.6 Å². The largest absolute Gasteiger partial charge is 0.489 e. The van der Waals surface area contributed by atoms with Gasteiger partial charge in [0.2, 0.25) is 0 Å². The Morgan fingerprint density at radius 3 is 2.56 bits per heavy atom. The van der Waals surface area contributed by atoms with Gasteiger partial charge in [-0.15, -0.1) is 0 Å². The summed E-state index contributed by atoms with van der Waals surface area (Å²) in [5.74, 6) is -0.665. The van der Waals surface area contributed by atoms with Gasteiger partial charge in [0.05, 0.1) is 0 Å². The second kappa shape index (κ2) is 5.56. The van der Waals surface area contributed by atoms with Crippen molar-refractivity contribution in [3.8, 4) is 5.75 Å². The molecular weight excluding hydrogens is 252 g/mol. The van der Waals surface area contributed by atoms with Crippen LogP contribution in [0.5, 0.6) is 5.75 Å². The number of hydrogen-bond acceptors (Lipinski definition) is 2. The summed E-state index contributed by atoms with van der Waals surface area (Å²) in [6.07, 6.45) is 1.60. The van der Waals surface area contributed by atoms with Gasteiger partial charge in [0.1, 0.15) is 17.9 Å². The van der Waals surface area contributed by atoms with E-state index >= 15 is 0 Å². The summed E-state index contributed by atoms with van der Waals surface area (Å²) in [6.45, 7) is 0.238. The normalized spacial score (nSPS) is 10.9. The monoisotopic (exact) mass is 262 g/mol. The van der Waals surface area contributed by atoms with Gasteiger partial charge >= 0.3 is 5.97 Å². The Kier molecular flexibility index (Phi) is 3.85. The standard InChI is InChI=1S/C14H11ClO3/c15-6-3-7-18-13-9-11-5-2-1-4-10(11)8-12(13)14(16)17/h1-6,8-9H,7H2,(H,16,17)/b6-3+. The molecule has 0 aliphatic carbocycles. The first-order chi connectivity index (χ1) is 8.72. The number of carbonyl (C=O) groups is 1. The highest BCUT2D eigenvalue weighted by Gasteiger charge is 2.12. The molecule has 0 heterocycles. The van der Waals surface area contributed by atoms with Crippen LogP contribution in [0.1, 0.15) is 10.4 Å². The average molecular weight is 263 g/mol. The Balaban J connectivity index is 2.47. The fourth-order valence-corrected chi connectivity index (χ4v) is 1.75. The molecule has 0 spiro atoms. The van der Waals surface area contributed by atoms with Gasteiger partial charge in [-0.05, 0) is 29.0 Å². The first-order valence-electron chi connectivity index (χ1n) is 5.36. The second-order valence-electron chi connectivity index (χ2n) is 3.67. The van der Waals surface area contributed by atoms with Crippen molar-refractivity contribution in [1.29, 1.82) is 0 Å². The van der Waals surface area contributed by atoms with Crippen molar-refractivity contribution in [2.45, 2.75) is 0 Å². The van der Waals surface area contributed by atoms with Crippen LogP contribution in [-0.4, -0.2) is 17.7 Å². The van der Waals surface area contributed by atoms with Crippen LogP contribution >= 0.6 is 11.6 Å². The van der Waals surface area contributed by atoms with E-state index in [0.717, 1.165) is 10.8 Å². The SMILES string of the molecule is O=C(O)c1cc2ccccc2cc1OC/C=C/Cl. The summed E-state index contributed by atoms with van der Waals surface area (Å²) < 4.78 is 5.39. The average Bonchev–Trinajstić information content (AvgIpc) is 2.38. The fourth-order valence-electron chi connectivity index (χ4n) is 1.68. The van der Waals surface area contributed by atoms with E-state index in [0.29, 0.717) is 5.75 Å². The molecule has 92 valence electrons. The fraction of sp³-hybridized carbons (Fsp3) is 0.0714. The molecule has 0 aliphatic heterocycles. The van der Waals surface area contributed by atoms with Crippen LogP contribution < -0.4 is 4.74 Å². The van der Waals surface area contributed by atoms with Gasteiger partial charge in [-0.1, -0.05) is 35.9 Å². The van der Waals surface area contributed by atoms with Gasteiger partial charge in [-0.2, -0.15) is 0 Å². The van der Waals surface area contributed by atoms with E-state index in [2.05, 4.69) is 0 Å². The lowest BCUT2D eigenvalue weighted by atomic mass is 10.1. The van der Waals surface area contributed by atoms with Gasteiger partial charge < -0.3 is 9.84 Å². The van der Waals surface area contributed by atoms with Crippen LogP contribution in [0.25, 0.3) is 10.8 Å². The minimum atomic E-state index is -1.01. The summed E-state index contributed by atoms with van der Waals surface area (Å²) in [6, 6.07) is 10.9. The van der Waals surface area contributed by atoms with Gasteiger partial charge in [-0.25, -0.2) is 4.79 Å². The van der Waals surface area contributed by atoms with E-state index in [4.69, 9.17) is 21.4 Å². The number of benzene rings is 2. The number of rotatable bonds is 4. The molecule has 2 aromatic rings. The third-order valence-electron chi connectivity index (χ3n) is 2.50. The van der Waals surface area contributed by atoms with Crippen molar-refractivity contribution in [2.24, 2.45) is 0 Å². The molecule has 0 aliphatic rings. The van der Waals surface area contributed by atoms with E-state index in [1.54, 1.807) is 18.2 Å². The Hall–Kier alpha value is -2.00. The van der Waals surface area contributed by atoms with Crippen LogP contribution in [0.3, 0.4) is 0 Å². The van der Waals surface area contributed by atoms with Crippen LogP contribution in [-0.2, 0) is 0 Å². The number of halogens is 1.